The fraction of sp³-hybridized carbons (Fsp3) is 0.333. The average molecular weight is 308 g/mol. The third kappa shape index (κ3) is 2.43. The van der Waals surface area contributed by atoms with Crippen molar-refractivity contribution in [3.8, 4) is 11.8 Å². The number of rotatable bonds is 0. The van der Waals surface area contributed by atoms with Gasteiger partial charge in [-0.3, -0.25) is 0 Å². The summed E-state index contributed by atoms with van der Waals surface area (Å²) in [6.45, 7) is -0.777. The summed E-state index contributed by atoms with van der Waals surface area (Å²) in [5.41, 5.74) is -3.43. The lowest BCUT2D eigenvalue weighted by molar-refractivity contribution is -0.298. The molecular weight excluding hydrogens is 299 g/mol. The SMILES string of the molecule is OCC#C[C@]1(C(F)(F)F)OC(O)Nc2ccc(Cl)cc21. The van der Waals surface area contributed by atoms with Crippen molar-refractivity contribution in [2.24, 2.45) is 0 Å². The van der Waals surface area contributed by atoms with Gasteiger partial charge >= 0.3 is 6.18 Å². The maximum atomic E-state index is 13.4. The third-order valence-corrected chi connectivity index (χ3v) is 2.91. The Balaban J connectivity index is 2.72. The van der Waals surface area contributed by atoms with Gasteiger partial charge in [0.1, 0.15) is 6.61 Å². The Morgan fingerprint density at radius 3 is 2.75 bits per heavy atom. The number of aliphatic hydroxyl groups is 2. The highest BCUT2D eigenvalue weighted by atomic mass is 35.5. The largest absolute Gasteiger partial charge is 0.433 e. The minimum Gasteiger partial charge on any atom is -0.384 e. The van der Waals surface area contributed by atoms with Gasteiger partial charge in [-0.05, 0) is 18.2 Å². The number of anilines is 1. The van der Waals surface area contributed by atoms with E-state index in [1.807, 2.05) is 11.8 Å². The number of ether oxygens (including phenoxy) is 1. The van der Waals surface area contributed by atoms with Gasteiger partial charge in [-0.25, -0.2) is 0 Å². The predicted octanol–water partition coefficient (Wildman–Crippen LogP) is 1.81. The minimum absolute atomic E-state index is 0.00212. The monoisotopic (exact) mass is 307 g/mol. The van der Waals surface area contributed by atoms with Crippen LogP contribution in [0, 0.1) is 11.8 Å². The Kier molecular flexibility index (Phi) is 3.84. The van der Waals surface area contributed by atoms with Gasteiger partial charge in [0.2, 0.25) is 6.41 Å². The quantitative estimate of drug-likeness (QED) is 0.640. The van der Waals surface area contributed by atoms with Gasteiger partial charge in [-0.2, -0.15) is 13.2 Å². The molecule has 0 bridgehead atoms. The topological polar surface area (TPSA) is 61.7 Å². The standard InChI is InChI=1S/C12H9ClF3NO3/c13-7-2-3-9-8(6-7)11(4-1-5-18,12(14,15)16)20-10(19)17-9/h2-3,6,10,17-19H,5H2/t10?,11-/m0/s1. The molecule has 0 saturated heterocycles. The number of hydrogen-bond acceptors (Lipinski definition) is 4. The maximum Gasteiger partial charge on any atom is 0.433 e. The lowest BCUT2D eigenvalue weighted by Crippen LogP contribution is -2.51. The summed E-state index contributed by atoms with van der Waals surface area (Å²) < 4.78 is 44.8. The van der Waals surface area contributed by atoms with Crippen molar-refractivity contribution < 1.29 is 28.1 Å². The summed E-state index contributed by atoms with van der Waals surface area (Å²) in [6.07, 6.45) is -6.82. The van der Waals surface area contributed by atoms with E-state index in [4.69, 9.17) is 16.7 Å². The molecule has 20 heavy (non-hydrogen) atoms. The molecule has 4 nitrogen and oxygen atoms in total. The third-order valence-electron chi connectivity index (χ3n) is 2.67. The first-order valence-electron chi connectivity index (χ1n) is 5.40. The molecule has 1 aliphatic rings. The zero-order valence-corrected chi connectivity index (χ0v) is 10.6. The highest BCUT2D eigenvalue weighted by molar-refractivity contribution is 6.30. The van der Waals surface area contributed by atoms with Crippen LogP contribution in [0.15, 0.2) is 18.2 Å². The summed E-state index contributed by atoms with van der Waals surface area (Å²) in [6, 6.07) is 3.70. The summed E-state index contributed by atoms with van der Waals surface area (Å²) in [7, 11) is 0. The van der Waals surface area contributed by atoms with Crippen LogP contribution in [0.3, 0.4) is 0 Å². The van der Waals surface area contributed by atoms with E-state index in [-0.39, 0.29) is 16.3 Å². The molecule has 8 heteroatoms. The number of aliphatic hydroxyl groups excluding tert-OH is 2. The second-order valence-corrected chi connectivity index (χ2v) is 4.38. The number of halogens is 4. The Labute approximate surface area is 117 Å². The lowest BCUT2D eigenvalue weighted by atomic mass is 9.90. The van der Waals surface area contributed by atoms with Crippen molar-refractivity contribution in [1.29, 1.82) is 0 Å². The van der Waals surface area contributed by atoms with Crippen LogP contribution in [-0.2, 0) is 10.3 Å². The van der Waals surface area contributed by atoms with Crippen LogP contribution in [0.4, 0.5) is 18.9 Å². The number of benzene rings is 1. The van der Waals surface area contributed by atoms with Gasteiger partial charge in [0.15, 0.2) is 0 Å². The molecule has 108 valence electrons. The van der Waals surface area contributed by atoms with Crippen molar-refractivity contribution >= 4 is 17.3 Å². The van der Waals surface area contributed by atoms with Crippen LogP contribution < -0.4 is 5.32 Å². The van der Waals surface area contributed by atoms with Crippen LogP contribution in [0.25, 0.3) is 0 Å². The summed E-state index contributed by atoms with van der Waals surface area (Å²) in [5, 5.41) is 20.5. The zero-order valence-electron chi connectivity index (χ0n) is 9.83. The van der Waals surface area contributed by atoms with Crippen LogP contribution in [-0.4, -0.2) is 29.4 Å². The number of alkyl halides is 3. The zero-order chi connectivity index (χ0) is 15.0. The van der Waals surface area contributed by atoms with Crippen molar-refractivity contribution in [3.05, 3.63) is 28.8 Å². The van der Waals surface area contributed by atoms with E-state index in [2.05, 4.69) is 10.1 Å². The summed E-state index contributed by atoms with van der Waals surface area (Å²) in [4.78, 5) is 0. The van der Waals surface area contributed by atoms with Crippen molar-refractivity contribution in [3.63, 3.8) is 0 Å². The normalized spacial score (nSPS) is 25.2. The van der Waals surface area contributed by atoms with Gasteiger partial charge in [-0.1, -0.05) is 23.4 Å². The number of nitrogens with one attached hydrogen (secondary N) is 1. The minimum atomic E-state index is -4.93. The molecule has 0 radical (unpaired) electrons. The highest BCUT2D eigenvalue weighted by Gasteiger charge is 2.60. The molecule has 0 spiro atoms. The van der Waals surface area contributed by atoms with E-state index < -0.39 is 24.8 Å². The Hall–Kier alpha value is -1.46. The fourth-order valence-electron chi connectivity index (χ4n) is 1.88. The molecule has 3 N–H and O–H groups in total. The van der Waals surface area contributed by atoms with E-state index in [1.165, 1.54) is 12.1 Å². The van der Waals surface area contributed by atoms with Crippen molar-refractivity contribution in [1.82, 2.24) is 0 Å². The smallest absolute Gasteiger partial charge is 0.384 e. The second kappa shape index (κ2) is 5.14. The van der Waals surface area contributed by atoms with Gasteiger partial charge in [0, 0.05) is 16.3 Å². The first-order valence-corrected chi connectivity index (χ1v) is 5.78. The van der Waals surface area contributed by atoms with Crippen molar-refractivity contribution in [2.45, 2.75) is 18.2 Å². The molecule has 2 rings (SSSR count). The Morgan fingerprint density at radius 1 is 1.45 bits per heavy atom. The van der Waals surface area contributed by atoms with Crippen LogP contribution in [0.1, 0.15) is 5.56 Å². The van der Waals surface area contributed by atoms with Gasteiger partial charge in [0.05, 0.1) is 0 Å². The molecule has 1 aromatic rings. The van der Waals surface area contributed by atoms with Gasteiger partial charge in [0.25, 0.3) is 5.60 Å². The first kappa shape index (κ1) is 14.9. The fourth-order valence-corrected chi connectivity index (χ4v) is 2.05. The molecule has 0 fully saturated rings. The van der Waals surface area contributed by atoms with Crippen LogP contribution in [0.2, 0.25) is 5.02 Å². The molecule has 0 aliphatic carbocycles. The molecule has 1 heterocycles. The molecule has 2 atom stereocenters. The first-order chi connectivity index (χ1) is 9.30. The van der Waals surface area contributed by atoms with E-state index in [9.17, 15) is 18.3 Å². The Bertz CT molecular complexity index is 582. The summed E-state index contributed by atoms with van der Waals surface area (Å²) >= 11 is 5.71. The van der Waals surface area contributed by atoms with Crippen LogP contribution in [0.5, 0.6) is 0 Å². The number of hydrogen-bond donors (Lipinski definition) is 3. The average Bonchev–Trinajstić information content (AvgIpc) is 2.35. The van der Waals surface area contributed by atoms with Gasteiger partial charge in [-0.15, -0.1) is 0 Å². The lowest BCUT2D eigenvalue weighted by Gasteiger charge is -2.39. The van der Waals surface area contributed by atoms with E-state index >= 15 is 0 Å². The number of fused-ring (bicyclic) bond motifs is 1. The second-order valence-electron chi connectivity index (χ2n) is 3.94. The molecule has 1 aromatic carbocycles. The van der Waals surface area contributed by atoms with Crippen molar-refractivity contribution in [2.75, 3.05) is 11.9 Å². The molecular formula is C12H9ClF3NO3. The van der Waals surface area contributed by atoms with E-state index in [0.717, 1.165) is 6.07 Å². The molecule has 0 aromatic heterocycles. The van der Waals surface area contributed by atoms with Crippen LogP contribution >= 0.6 is 11.6 Å². The molecule has 1 unspecified atom stereocenters. The highest BCUT2D eigenvalue weighted by Crippen LogP contribution is 2.48. The molecule has 0 amide bonds. The molecule has 1 aliphatic heterocycles. The molecule has 0 saturated carbocycles. The van der Waals surface area contributed by atoms with E-state index in [1.54, 1.807) is 0 Å². The predicted molar refractivity (Wildman–Crippen MR) is 64.8 cm³/mol. The summed E-state index contributed by atoms with van der Waals surface area (Å²) in [5.74, 6) is 3.76. The Morgan fingerprint density at radius 2 is 2.15 bits per heavy atom. The van der Waals surface area contributed by atoms with E-state index in [0.29, 0.717) is 0 Å². The van der Waals surface area contributed by atoms with Gasteiger partial charge < -0.3 is 20.3 Å². The maximum absolute atomic E-state index is 13.4.